The predicted molar refractivity (Wildman–Crippen MR) is 79.8 cm³/mol. The number of aromatic nitrogens is 2. The molecule has 1 aromatic rings. The molecule has 0 aliphatic carbocycles. The minimum atomic E-state index is -0.691. The molecule has 2 aliphatic rings. The summed E-state index contributed by atoms with van der Waals surface area (Å²) in [6.45, 7) is 7.38. The van der Waals surface area contributed by atoms with Gasteiger partial charge in [-0.1, -0.05) is 0 Å². The Bertz CT molecular complexity index is 625. The van der Waals surface area contributed by atoms with Crippen LogP contribution in [0.15, 0.2) is 9.21 Å². The molecule has 8 nitrogen and oxygen atoms in total. The van der Waals surface area contributed by atoms with Crippen LogP contribution in [0, 0.1) is 5.41 Å². The van der Waals surface area contributed by atoms with Gasteiger partial charge in [-0.2, -0.15) is 0 Å². The molecule has 0 aromatic carbocycles. The molecule has 23 heavy (non-hydrogen) atoms. The van der Waals surface area contributed by atoms with Crippen molar-refractivity contribution in [2.75, 3.05) is 26.3 Å². The molecule has 3 rings (SSSR count). The summed E-state index contributed by atoms with van der Waals surface area (Å²) >= 11 is 0. The van der Waals surface area contributed by atoms with Crippen LogP contribution >= 0.6 is 0 Å². The molecule has 2 aliphatic heterocycles. The molecule has 1 amide bonds. The molecule has 2 saturated heterocycles. The molecule has 128 valence electrons. The summed E-state index contributed by atoms with van der Waals surface area (Å²) < 4.78 is 16.4. The van der Waals surface area contributed by atoms with Gasteiger partial charge in [0.1, 0.15) is 0 Å². The van der Waals surface area contributed by atoms with E-state index in [-0.39, 0.29) is 11.8 Å². The number of carbonyl (C=O) groups excluding carboxylic acids is 1. The largest absolute Gasteiger partial charge is 0.434 e. The zero-order chi connectivity index (χ0) is 16.7. The fraction of sp³-hybridized carbons (Fsp3) is 0.800. The summed E-state index contributed by atoms with van der Waals surface area (Å²) in [5.41, 5.74) is -0.691. The zero-order valence-electron chi connectivity index (χ0n) is 13.8. The number of carbonyl (C=O) groups is 1. The number of hydrogen-bond acceptors (Lipinski definition) is 6. The van der Waals surface area contributed by atoms with E-state index in [4.69, 9.17) is 13.9 Å². The van der Waals surface area contributed by atoms with Crippen LogP contribution in [0.4, 0.5) is 0 Å². The molecule has 0 radical (unpaired) electrons. The van der Waals surface area contributed by atoms with E-state index in [0.29, 0.717) is 32.2 Å². The highest BCUT2D eigenvalue weighted by atomic mass is 16.7. The monoisotopic (exact) mass is 325 g/mol. The van der Waals surface area contributed by atoms with Gasteiger partial charge in [-0.3, -0.25) is 4.79 Å². The number of amides is 1. The summed E-state index contributed by atoms with van der Waals surface area (Å²) in [6.07, 6.45) is 1.69. The minimum absolute atomic E-state index is 0.00980. The number of nitrogens with one attached hydrogen (secondary N) is 1. The maximum Gasteiger partial charge on any atom is 0.434 e. The van der Waals surface area contributed by atoms with Crippen molar-refractivity contribution in [1.29, 1.82) is 0 Å². The molecule has 0 spiro atoms. The SMILES string of the molecule is CC1(C)OCC(C)(C(=O)N2CCCC(c3n[nH]c(=O)o3)C2)CO1. The molecule has 1 aromatic heterocycles. The van der Waals surface area contributed by atoms with Crippen molar-refractivity contribution >= 4 is 5.91 Å². The van der Waals surface area contributed by atoms with Gasteiger partial charge in [-0.05, 0) is 33.6 Å². The topological polar surface area (TPSA) is 97.7 Å². The van der Waals surface area contributed by atoms with Crippen molar-refractivity contribution in [3.63, 3.8) is 0 Å². The molecule has 3 heterocycles. The Labute approximate surface area is 134 Å². The zero-order valence-corrected chi connectivity index (χ0v) is 13.8. The Morgan fingerprint density at radius 3 is 2.61 bits per heavy atom. The van der Waals surface area contributed by atoms with Crippen LogP contribution in [0.2, 0.25) is 0 Å². The normalized spacial score (nSPS) is 26.9. The van der Waals surface area contributed by atoms with Crippen LogP contribution in [0.3, 0.4) is 0 Å². The van der Waals surface area contributed by atoms with E-state index in [1.54, 1.807) is 4.90 Å². The second kappa shape index (κ2) is 5.76. The van der Waals surface area contributed by atoms with Gasteiger partial charge in [0.15, 0.2) is 5.79 Å². The number of hydrogen-bond donors (Lipinski definition) is 1. The number of likely N-dealkylation sites (tertiary alicyclic amines) is 1. The Kier molecular flexibility index (Phi) is 4.05. The van der Waals surface area contributed by atoms with Gasteiger partial charge in [-0.15, -0.1) is 5.10 Å². The van der Waals surface area contributed by atoms with E-state index in [1.807, 2.05) is 20.8 Å². The highest BCUT2D eigenvalue weighted by Crippen LogP contribution is 2.33. The van der Waals surface area contributed by atoms with Gasteiger partial charge in [0.2, 0.25) is 11.8 Å². The summed E-state index contributed by atoms with van der Waals surface area (Å²) in [7, 11) is 0. The van der Waals surface area contributed by atoms with Gasteiger partial charge in [-0.25, -0.2) is 9.89 Å². The number of piperidine rings is 1. The van der Waals surface area contributed by atoms with Gasteiger partial charge < -0.3 is 18.8 Å². The fourth-order valence-corrected chi connectivity index (χ4v) is 3.03. The second-order valence-electron chi connectivity index (χ2n) is 7.08. The second-order valence-corrected chi connectivity index (χ2v) is 7.08. The third kappa shape index (κ3) is 3.32. The van der Waals surface area contributed by atoms with E-state index in [0.717, 1.165) is 12.8 Å². The molecule has 1 unspecified atom stereocenters. The Balaban J connectivity index is 1.68. The van der Waals surface area contributed by atoms with Gasteiger partial charge in [0.25, 0.3) is 0 Å². The Morgan fingerprint density at radius 2 is 2.00 bits per heavy atom. The number of H-pyrrole nitrogens is 1. The Morgan fingerprint density at radius 1 is 1.30 bits per heavy atom. The van der Waals surface area contributed by atoms with E-state index in [9.17, 15) is 9.59 Å². The third-order valence-electron chi connectivity index (χ3n) is 4.51. The highest BCUT2D eigenvalue weighted by Gasteiger charge is 2.45. The fourth-order valence-electron chi connectivity index (χ4n) is 3.03. The minimum Gasteiger partial charge on any atom is -0.392 e. The standard InChI is InChI=1S/C15H23N3O5/c1-14(2)21-8-15(3,9-22-14)12(19)18-6-4-5-10(7-18)11-16-17-13(20)23-11/h10H,4-9H2,1-3H3,(H,17,20). The lowest BCUT2D eigenvalue weighted by Gasteiger charge is -2.43. The Hall–Kier alpha value is -1.67. The van der Waals surface area contributed by atoms with Gasteiger partial charge in [0, 0.05) is 13.1 Å². The first-order valence-electron chi connectivity index (χ1n) is 7.92. The van der Waals surface area contributed by atoms with Gasteiger partial charge in [0.05, 0.1) is 24.5 Å². The number of aromatic amines is 1. The molecule has 8 heteroatoms. The number of ether oxygens (including phenoxy) is 2. The van der Waals surface area contributed by atoms with Crippen LogP contribution in [0.5, 0.6) is 0 Å². The van der Waals surface area contributed by atoms with Crippen molar-refractivity contribution < 1.29 is 18.7 Å². The number of nitrogens with zero attached hydrogens (tertiary/aromatic N) is 2. The summed E-state index contributed by atoms with van der Waals surface area (Å²) in [5.74, 6) is -0.891. The summed E-state index contributed by atoms with van der Waals surface area (Å²) in [4.78, 5) is 25.8. The predicted octanol–water partition coefficient (Wildman–Crippen LogP) is 0.858. The summed E-state index contributed by atoms with van der Waals surface area (Å²) in [6, 6.07) is 0. The van der Waals surface area contributed by atoms with Crippen LogP contribution in [0.1, 0.15) is 45.4 Å². The van der Waals surface area contributed by atoms with Crippen molar-refractivity contribution in [1.82, 2.24) is 15.1 Å². The maximum absolute atomic E-state index is 12.9. The van der Waals surface area contributed by atoms with E-state index < -0.39 is 17.0 Å². The quantitative estimate of drug-likeness (QED) is 0.866. The molecule has 0 bridgehead atoms. The molecule has 0 saturated carbocycles. The average molecular weight is 325 g/mol. The van der Waals surface area contributed by atoms with Crippen molar-refractivity contribution in [2.24, 2.45) is 5.41 Å². The van der Waals surface area contributed by atoms with Crippen LogP contribution in [-0.4, -0.2) is 53.1 Å². The lowest BCUT2D eigenvalue weighted by molar-refractivity contribution is -0.279. The first kappa shape index (κ1) is 16.2. The van der Waals surface area contributed by atoms with Crippen molar-refractivity contribution in [3.05, 3.63) is 16.4 Å². The van der Waals surface area contributed by atoms with Crippen molar-refractivity contribution in [3.8, 4) is 0 Å². The molecular weight excluding hydrogens is 302 g/mol. The summed E-state index contributed by atoms with van der Waals surface area (Å²) in [5, 5.41) is 6.16. The number of rotatable bonds is 2. The molecular formula is C15H23N3O5. The molecule has 1 N–H and O–H groups in total. The smallest absolute Gasteiger partial charge is 0.392 e. The molecule has 1 atom stereocenters. The first-order valence-corrected chi connectivity index (χ1v) is 7.92. The van der Waals surface area contributed by atoms with Crippen LogP contribution < -0.4 is 5.76 Å². The van der Waals surface area contributed by atoms with Crippen LogP contribution in [0.25, 0.3) is 0 Å². The van der Waals surface area contributed by atoms with E-state index >= 15 is 0 Å². The van der Waals surface area contributed by atoms with E-state index in [1.165, 1.54) is 0 Å². The highest BCUT2D eigenvalue weighted by molar-refractivity contribution is 5.83. The van der Waals surface area contributed by atoms with Crippen molar-refractivity contribution in [2.45, 2.75) is 45.3 Å². The van der Waals surface area contributed by atoms with E-state index in [2.05, 4.69) is 10.2 Å². The lowest BCUT2D eigenvalue weighted by Crippen LogP contribution is -2.55. The first-order chi connectivity index (χ1) is 10.8. The third-order valence-corrected chi connectivity index (χ3v) is 4.51. The maximum atomic E-state index is 12.9. The van der Waals surface area contributed by atoms with Gasteiger partial charge >= 0.3 is 5.76 Å². The lowest BCUT2D eigenvalue weighted by atomic mass is 9.87. The molecule has 2 fully saturated rings. The average Bonchev–Trinajstić information content (AvgIpc) is 2.97. The van der Waals surface area contributed by atoms with Crippen LogP contribution in [-0.2, 0) is 14.3 Å².